The lowest BCUT2D eigenvalue weighted by Crippen LogP contribution is -2.41. The van der Waals surface area contributed by atoms with Crippen LogP contribution >= 0.6 is 0 Å². The summed E-state index contributed by atoms with van der Waals surface area (Å²) in [5.74, 6) is -0.114. The molecule has 0 fully saturated rings. The molecule has 0 saturated carbocycles. The standard InChI is InChI=1S/C16H23NO4/c1-5-21-16(19)15(14(10-18)11(2)3)17-12-6-8-13(20-4)9-7-12/h6-11,14-15,17H,5H2,1-4H3/t14-,15?/m1/s1. The normalized spacial score (nSPS) is 13.4. The van der Waals surface area contributed by atoms with E-state index >= 15 is 0 Å². The summed E-state index contributed by atoms with van der Waals surface area (Å²) in [5.41, 5.74) is 0.737. The van der Waals surface area contributed by atoms with Crippen LogP contribution in [0.2, 0.25) is 0 Å². The Kier molecular flexibility index (Phi) is 6.72. The Labute approximate surface area is 125 Å². The van der Waals surface area contributed by atoms with E-state index < -0.39 is 17.9 Å². The van der Waals surface area contributed by atoms with Crippen molar-refractivity contribution in [1.82, 2.24) is 0 Å². The third kappa shape index (κ3) is 4.77. The Morgan fingerprint density at radius 2 is 1.90 bits per heavy atom. The molecular formula is C16H23NO4. The van der Waals surface area contributed by atoms with Crippen molar-refractivity contribution < 1.29 is 19.1 Å². The molecule has 0 bridgehead atoms. The van der Waals surface area contributed by atoms with Crippen molar-refractivity contribution in [3.05, 3.63) is 24.3 Å². The third-order valence-electron chi connectivity index (χ3n) is 3.26. The van der Waals surface area contributed by atoms with Crippen LogP contribution in [0, 0.1) is 11.8 Å². The van der Waals surface area contributed by atoms with Crippen LogP contribution in [-0.2, 0) is 14.3 Å². The van der Waals surface area contributed by atoms with Crippen LogP contribution in [0.15, 0.2) is 24.3 Å². The van der Waals surface area contributed by atoms with Gasteiger partial charge in [0.2, 0.25) is 0 Å². The number of carbonyl (C=O) groups is 2. The van der Waals surface area contributed by atoms with Crippen LogP contribution < -0.4 is 10.1 Å². The number of hydrogen-bond donors (Lipinski definition) is 1. The van der Waals surface area contributed by atoms with Gasteiger partial charge >= 0.3 is 5.97 Å². The lowest BCUT2D eigenvalue weighted by Gasteiger charge is -2.26. The smallest absolute Gasteiger partial charge is 0.329 e. The van der Waals surface area contributed by atoms with Gasteiger partial charge in [0.1, 0.15) is 18.1 Å². The minimum absolute atomic E-state index is 0.0302. The van der Waals surface area contributed by atoms with Gasteiger partial charge in [-0.25, -0.2) is 4.79 Å². The number of benzene rings is 1. The van der Waals surface area contributed by atoms with Gasteiger partial charge in [-0.3, -0.25) is 0 Å². The van der Waals surface area contributed by atoms with E-state index in [4.69, 9.17) is 9.47 Å². The fourth-order valence-corrected chi connectivity index (χ4v) is 2.03. The van der Waals surface area contributed by atoms with Crippen molar-refractivity contribution in [2.24, 2.45) is 11.8 Å². The molecule has 1 aromatic carbocycles. The summed E-state index contributed by atoms with van der Waals surface area (Å²) in [4.78, 5) is 23.4. The molecule has 0 saturated heterocycles. The number of ether oxygens (including phenoxy) is 2. The molecule has 0 radical (unpaired) electrons. The van der Waals surface area contributed by atoms with Gasteiger partial charge in [0.05, 0.1) is 13.7 Å². The van der Waals surface area contributed by atoms with E-state index in [0.717, 1.165) is 17.7 Å². The van der Waals surface area contributed by atoms with Gasteiger partial charge < -0.3 is 19.6 Å². The highest BCUT2D eigenvalue weighted by atomic mass is 16.5. The van der Waals surface area contributed by atoms with Gasteiger partial charge in [0, 0.05) is 11.6 Å². The molecule has 0 aromatic heterocycles. The molecule has 0 heterocycles. The van der Waals surface area contributed by atoms with E-state index in [1.807, 2.05) is 13.8 Å². The molecule has 0 aliphatic rings. The summed E-state index contributed by atoms with van der Waals surface area (Å²) in [6.07, 6.45) is 0.808. The number of hydrogen-bond acceptors (Lipinski definition) is 5. The molecule has 5 nitrogen and oxygen atoms in total. The maximum Gasteiger partial charge on any atom is 0.329 e. The first-order chi connectivity index (χ1) is 10.0. The van der Waals surface area contributed by atoms with Gasteiger partial charge in [-0.05, 0) is 37.1 Å². The lowest BCUT2D eigenvalue weighted by molar-refractivity contribution is -0.146. The minimum atomic E-state index is -0.698. The molecule has 0 aliphatic heterocycles. The number of nitrogens with one attached hydrogen (secondary N) is 1. The van der Waals surface area contributed by atoms with Gasteiger partial charge in [0.25, 0.3) is 0 Å². The molecule has 0 aliphatic carbocycles. The van der Waals surface area contributed by atoms with Crippen molar-refractivity contribution in [1.29, 1.82) is 0 Å². The first-order valence-corrected chi connectivity index (χ1v) is 7.06. The van der Waals surface area contributed by atoms with E-state index in [-0.39, 0.29) is 12.5 Å². The van der Waals surface area contributed by atoms with Crippen molar-refractivity contribution in [2.75, 3.05) is 19.0 Å². The zero-order chi connectivity index (χ0) is 15.8. The summed E-state index contributed by atoms with van der Waals surface area (Å²) in [7, 11) is 1.59. The van der Waals surface area contributed by atoms with E-state index in [1.165, 1.54) is 0 Å². The second-order valence-electron chi connectivity index (χ2n) is 5.06. The van der Waals surface area contributed by atoms with Gasteiger partial charge in [0.15, 0.2) is 0 Å². The average molecular weight is 293 g/mol. The summed E-state index contributed by atoms with van der Waals surface area (Å²) >= 11 is 0. The quantitative estimate of drug-likeness (QED) is 0.589. The fraction of sp³-hybridized carbons (Fsp3) is 0.500. The van der Waals surface area contributed by atoms with Crippen LogP contribution in [0.25, 0.3) is 0 Å². The van der Waals surface area contributed by atoms with E-state index in [0.29, 0.717) is 0 Å². The predicted octanol–water partition coefficient (Wildman–Crippen LogP) is 2.51. The first-order valence-electron chi connectivity index (χ1n) is 7.06. The molecule has 2 atom stereocenters. The number of aldehydes is 1. The van der Waals surface area contributed by atoms with E-state index in [2.05, 4.69) is 5.32 Å². The van der Waals surface area contributed by atoms with Crippen LogP contribution in [-0.4, -0.2) is 32.0 Å². The maximum absolute atomic E-state index is 12.1. The molecule has 5 heteroatoms. The Balaban J connectivity index is 2.94. The molecule has 1 rings (SSSR count). The second kappa shape index (κ2) is 8.29. The van der Waals surface area contributed by atoms with Crippen molar-refractivity contribution in [2.45, 2.75) is 26.8 Å². The van der Waals surface area contributed by atoms with Crippen LogP contribution in [0.1, 0.15) is 20.8 Å². The largest absolute Gasteiger partial charge is 0.497 e. The Morgan fingerprint density at radius 1 is 1.29 bits per heavy atom. The highest BCUT2D eigenvalue weighted by Crippen LogP contribution is 2.21. The Hall–Kier alpha value is -2.04. The molecule has 0 spiro atoms. The number of rotatable bonds is 8. The SMILES string of the molecule is CCOC(=O)C(Nc1ccc(OC)cc1)[C@H](C=O)C(C)C. The van der Waals surface area contributed by atoms with Gasteiger partial charge in [-0.15, -0.1) is 0 Å². The van der Waals surface area contributed by atoms with Crippen LogP contribution in [0.4, 0.5) is 5.69 Å². The molecule has 116 valence electrons. The van der Waals surface area contributed by atoms with Crippen molar-refractivity contribution >= 4 is 17.9 Å². The number of carbonyl (C=O) groups excluding carboxylic acids is 2. The average Bonchev–Trinajstić information content (AvgIpc) is 2.47. The molecule has 21 heavy (non-hydrogen) atoms. The molecular weight excluding hydrogens is 270 g/mol. The highest BCUT2D eigenvalue weighted by Gasteiger charge is 2.31. The summed E-state index contributed by atoms with van der Waals surface area (Å²) < 4.78 is 10.2. The van der Waals surface area contributed by atoms with Gasteiger partial charge in [-0.2, -0.15) is 0 Å². The van der Waals surface area contributed by atoms with Gasteiger partial charge in [-0.1, -0.05) is 13.8 Å². The highest BCUT2D eigenvalue weighted by molar-refractivity contribution is 5.83. The topological polar surface area (TPSA) is 64.6 Å². The molecule has 1 N–H and O–H groups in total. The third-order valence-corrected chi connectivity index (χ3v) is 3.26. The number of esters is 1. The monoisotopic (exact) mass is 293 g/mol. The van der Waals surface area contributed by atoms with Crippen molar-refractivity contribution in [3.8, 4) is 5.75 Å². The minimum Gasteiger partial charge on any atom is -0.497 e. The number of anilines is 1. The zero-order valence-electron chi connectivity index (χ0n) is 13.0. The summed E-state index contributed by atoms with van der Waals surface area (Å²) in [5, 5.41) is 3.09. The first kappa shape index (κ1) is 17.0. The lowest BCUT2D eigenvalue weighted by atomic mass is 9.89. The predicted molar refractivity (Wildman–Crippen MR) is 81.4 cm³/mol. The summed E-state index contributed by atoms with van der Waals surface area (Å²) in [6, 6.07) is 6.47. The molecule has 0 amide bonds. The fourth-order valence-electron chi connectivity index (χ4n) is 2.03. The molecule has 1 aromatic rings. The van der Waals surface area contributed by atoms with E-state index in [1.54, 1.807) is 38.3 Å². The van der Waals surface area contributed by atoms with E-state index in [9.17, 15) is 9.59 Å². The van der Waals surface area contributed by atoms with Crippen LogP contribution in [0.3, 0.4) is 0 Å². The second-order valence-corrected chi connectivity index (χ2v) is 5.06. The maximum atomic E-state index is 12.1. The van der Waals surface area contributed by atoms with Crippen molar-refractivity contribution in [3.63, 3.8) is 0 Å². The Morgan fingerprint density at radius 3 is 2.33 bits per heavy atom. The summed E-state index contributed by atoms with van der Waals surface area (Å²) in [6.45, 7) is 5.83. The molecule has 1 unspecified atom stereocenters. The Bertz CT molecular complexity index is 456. The zero-order valence-corrected chi connectivity index (χ0v) is 13.0. The number of methoxy groups -OCH3 is 1. The van der Waals surface area contributed by atoms with Crippen LogP contribution in [0.5, 0.6) is 5.75 Å².